The van der Waals surface area contributed by atoms with Crippen LogP contribution in [0.2, 0.25) is 0 Å². The molecule has 0 aliphatic carbocycles. The molecule has 0 bridgehead atoms. The van der Waals surface area contributed by atoms with Crippen molar-refractivity contribution in [3.8, 4) is 11.5 Å². The van der Waals surface area contributed by atoms with E-state index in [2.05, 4.69) is 69.3 Å². The van der Waals surface area contributed by atoms with Crippen LogP contribution in [-0.4, -0.2) is 14.2 Å². The third-order valence-corrected chi connectivity index (χ3v) is 4.74. The van der Waals surface area contributed by atoms with Crippen LogP contribution in [0.25, 0.3) is 5.57 Å². The fraction of sp³-hybridized carbons (Fsp3) is 0.391. The molecule has 0 saturated heterocycles. The molecule has 25 heavy (non-hydrogen) atoms. The molecular weight excluding hydrogens is 308 g/mol. The van der Waals surface area contributed by atoms with Gasteiger partial charge in [0, 0.05) is 11.5 Å². The van der Waals surface area contributed by atoms with Gasteiger partial charge in [0.25, 0.3) is 0 Å². The van der Waals surface area contributed by atoms with Crippen molar-refractivity contribution in [3.05, 3.63) is 65.7 Å². The van der Waals surface area contributed by atoms with Crippen LogP contribution in [0.5, 0.6) is 11.5 Å². The van der Waals surface area contributed by atoms with E-state index in [9.17, 15) is 0 Å². The zero-order valence-electron chi connectivity index (χ0n) is 16.1. The summed E-state index contributed by atoms with van der Waals surface area (Å²) >= 11 is 0. The number of hydrogen-bond donors (Lipinski definition) is 0. The summed E-state index contributed by atoms with van der Waals surface area (Å²) in [4.78, 5) is 0. The van der Waals surface area contributed by atoms with Crippen molar-refractivity contribution in [1.29, 1.82) is 0 Å². The van der Waals surface area contributed by atoms with Gasteiger partial charge in [0.05, 0.1) is 14.2 Å². The van der Waals surface area contributed by atoms with E-state index < -0.39 is 0 Å². The molecule has 0 amide bonds. The predicted molar refractivity (Wildman–Crippen MR) is 107 cm³/mol. The summed E-state index contributed by atoms with van der Waals surface area (Å²) in [6, 6.07) is 16.8. The fourth-order valence-corrected chi connectivity index (χ4v) is 3.13. The molecule has 0 spiro atoms. The van der Waals surface area contributed by atoms with E-state index in [-0.39, 0.29) is 5.41 Å². The molecule has 0 aliphatic heterocycles. The average molecular weight is 338 g/mol. The molecule has 0 fully saturated rings. The number of hydrogen-bond acceptors (Lipinski definition) is 2. The highest BCUT2D eigenvalue weighted by Gasteiger charge is 2.27. The molecule has 0 atom stereocenters. The van der Waals surface area contributed by atoms with Gasteiger partial charge >= 0.3 is 0 Å². The van der Waals surface area contributed by atoms with Crippen LogP contribution < -0.4 is 9.47 Å². The summed E-state index contributed by atoms with van der Waals surface area (Å²) in [6.07, 6.45) is 5.88. The maximum absolute atomic E-state index is 5.48. The summed E-state index contributed by atoms with van der Waals surface area (Å²) in [5.74, 6) is 1.65. The summed E-state index contributed by atoms with van der Waals surface area (Å²) in [5.41, 5.74) is 3.65. The molecule has 0 heterocycles. The van der Waals surface area contributed by atoms with Crippen molar-refractivity contribution in [2.75, 3.05) is 14.2 Å². The summed E-state index contributed by atoms with van der Waals surface area (Å²) < 4.78 is 11.0. The van der Waals surface area contributed by atoms with Gasteiger partial charge in [-0.1, -0.05) is 70.0 Å². The summed E-state index contributed by atoms with van der Waals surface area (Å²) in [6.45, 7) is 6.77. The Balaban J connectivity index is 2.53. The number of benzene rings is 2. The van der Waals surface area contributed by atoms with Gasteiger partial charge in [-0.15, -0.1) is 0 Å². The number of allylic oxidation sites excluding steroid dienone is 2. The largest absolute Gasteiger partial charge is 0.497 e. The van der Waals surface area contributed by atoms with Crippen molar-refractivity contribution < 1.29 is 9.47 Å². The molecule has 0 radical (unpaired) electrons. The van der Waals surface area contributed by atoms with Crippen molar-refractivity contribution in [1.82, 2.24) is 0 Å². The second-order valence-electron chi connectivity index (χ2n) is 6.85. The Morgan fingerprint density at radius 1 is 0.960 bits per heavy atom. The predicted octanol–water partition coefficient (Wildman–Crippen LogP) is 6.26. The Morgan fingerprint density at radius 2 is 1.56 bits per heavy atom. The molecule has 2 heteroatoms. The van der Waals surface area contributed by atoms with E-state index in [1.54, 1.807) is 14.2 Å². The maximum Gasteiger partial charge on any atom is 0.122 e. The molecule has 0 N–H and O–H groups in total. The molecule has 0 aromatic heterocycles. The Labute approximate surface area is 152 Å². The molecule has 2 aromatic carbocycles. The second-order valence-corrected chi connectivity index (χ2v) is 6.85. The van der Waals surface area contributed by atoms with E-state index in [0.29, 0.717) is 0 Å². The topological polar surface area (TPSA) is 18.5 Å². The van der Waals surface area contributed by atoms with E-state index in [4.69, 9.17) is 9.47 Å². The maximum atomic E-state index is 5.48. The van der Waals surface area contributed by atoms with Crippen LogP contribution in [0.4, 0.5) is 0 Å². The molecule has 0 aliphatic rings. The Morgan fingerprint density at radius 3 is 2.08 bits per heavy atom. The van der Waals surface area contributed by atoms with E-state index in [1.807, 2.05) is 6.07 Å². The first-order valence-electron chi connectivity index (χ1n) is 9.02. The molecule has 0 unspecified atom stereocenters. The highest BCUT2D eigenvalue weighted by molar-refractivity contribution is 5.75. The highest BCUT2D eigenvalue weighted by atomic mass is 16.5. The second kappa shape index (κ2) is 8.75. The first-order valence-corrected chi connectivity index (χ1v) is 9.02. The molecule has 0 saturated carbocycles. The van der Waals surface area contributed by atoms with Gasteiger partial charge in [-0.3, -0.25) is 0 Å². The Hall–Kier alpha value is -2.22. The van der Waals surface area contributed by atoms with E-state index in [1.165, 1.54) is 29.5 Å². The number of methoxy groups -OCH3 is 2. The number of ether oxygens (including phenoxy) is 2. The van der Waals surface area contributed by atoms with E-state index in [0.717, 1.165) is 17.9 Å². The van der Waals surface area contributed by atoms with Gasteiger partial charge in [0.1, 0.15) is 11.5 Å². The van der Waals surface area contributed by atoms with Gasteiger partial charge in [0.15, 0.2) is 0 Å². The minimum Gasteiger partial charge on any atom is -0.497 e. The van der Waals surface area contributed by atoms with Gasteiger partial charge in [0.2, 0.25) is 0 Å². The summed E-state index contributed by atoms with van der Waals surface area (Å²) in [7, 11) is 3.39. The lowest BCUT2D eigenvalue weighted by atomic mass is 9.74. The zero-order chi connectivity index (χ0) is 18.3. The summed E-state index contributed by atoms with van der Waals surface area (Å²) in [5, 5.41) is 0. The standard InChI is InChI=1S/C23H30O2/c1-6-7-9-14-22(18-12-10-8-11-13-18)23(2,3)19-15-20(24-4)17-21(16-19)25-5/h8,10-17H,6-7,9H2,1-5H3/b22-14+. The highest BCUT2D eigenvalue weighted by Crippen LogP contribution is 2.41. The van der Waals surface area contributed by atoms with Crippen LogP contribution in [0.1, 0.15) is 51.2 Å². The van der Waals surface area contributed by atoms with Crippen LogP contribution in [-0.2, 0) is 5.41 Å². The van der Waals surface area contributed by atoms with Crippen LogP contribution >= 0.6 is 0 Å². The van der Waals surface area contributed by atoms with Gasteiger partial charge in [-0.05, 0) is 35.3 Å². The number of unbranched alkanes of at least 4 members (excludes halogenated alkanes) is 2. The molecule has 2 aromatic rings. The van der Waals surface area contributed by atoms with Crippen molar-refractivity contribution >= 4 is 5.57 Å². The first-order chi connectivity index (χ1) is 12.0. The first kappa shape index (κ1) is 19.1. The van der Waals surface area contributed by atoms with Gasteiger partial charge in [-0.25, -0.2) is 0 Å². The molecular formula is C23H30O2. The van der Waals surface area contributed by atoms with Crippen molar-refractivity contribution in [2.24, 2.45) is 0 Å². The Kier molecular flexibility index (Phi) is 6.69. The fourth-order valence-electron chi connectivity index (χ4n) is 3.13. The average Bonchev–Trinajstić information content (AvgIpc) is 2.65. The minimum absolute atomic E-state index is 0.156. The monoisotopic (exact) mass is 338 g/mol. The van der Waals surface area contributed by atoms with Gasteiger partial charge < -0.3 is 9.47 Å². The van der Waals surface area contributed by atoms with Crippen molar-refractivity contribution in [2.45, 2.75) is 45.4 Å². The van der Waals surface area contributed by atoms with Crippen LogP contribution in [0.15, 0.2) is 54.6 Å². The zero-order valence-corrected chi connectivity index (χ0v) is 16.1. The molecule has 2 rings (SSSR count). The minimum atomic E-state index is -0.156. The van der Waals surface area contributed by atoms with Gasteiger partial charge in [-0.2, -0.15) is 0 Å². The van der Waals surface area contributed by atoms with Crippen LogP contribution in [0.3, 0.4) is 0 Å². The van der Waals surface area contributed by atoms with E-state index >= 15 is 0 Å². The third-order valence-electron chi connectivity index (χ3n) is 4.74. The smallest absolute Gasteiger partial charge is 0.122 e. The Bertz CT molecular complexity index is 677. The third kappa shape index (κ3) is 4.66. The molecule has 134 valence electrons. The lowest BCUT2D eigenvalue weighted by Crippen LogP contribution is -2.20. The SMILES string of the molecule is CCCC/C=C(\c1ccccc1)C(C)(C)c1cc(OC)cc(OC)c1. The molecule has 2 nitrogen and oxygen atoms in total. The van der Waals surface area contributed by atoms with Crippen molar-refractivity contribution in [3.63, 3.8) is 0 Å². The number of rotatable bonds is 8. The lowest BCUT2D eigenvalue weighted by molar-refractivity contribution is 0.392. The normalized spacial score (nSPS) is 12.1. The van der Waals surface area contributed by atoms with Crippen LogP contribution in [0, 0.1) is 0 Å². The quantitative estimate of drug-likeness (QED) is 0.529. The lowest BCUT2D eigenvalue weighted by Gasteiger charge is -2.30.